The first-order chi connectivity index (χ1) is 7.71. The summed E-state index contributed by atoms with van der Waals surface area (Å²) in [5.74, 6) is -0.378. The molecule has 0 saturated carbocycles. The molecule has 6 heteroatoms. The SMILES string of the molecule is CC(C)(C)N(Cl)NC(=O)c1ccc(Cl)cc1Cl. The van der Waals surface area contributed by atoms with Crippen LogP contribution in [0.25, 0.3) is 0 Å². The van der Waals surface area contributed by atoms with Gasteiger partial charge in [-0.05, 0) is 39.0 Å². The third kappa shape index (κ3) is 4.03. The summed E-state index contributed by atoms with van der Waals surface area (Å²) in [5, 5.41) is 0.763. The molecule has 1 rings (SSSR count). The van der Waals surface area contributed by atoms with Gasteiger partial charge in [-0.2, -0.15) is 0 Å². The molecule has 1 aromatic carbocycles. The molecule has 0 aliphatic rings. The van der Waals surface area contributed by atoms with Gasteiger partial charge in [0.05, 0.1) is 10.6 Å². The Labute approximate surface area is 116 Å². The fourth-order valence-corrected chi connectivity index (χ4v) is 1.56. The van der Waals surface area contributed by atoms with Gasteiger partial charge in [0.2, 0.25) is 0 Å². The highest BCUT2D eigenvalue weighted by molar-refractivity contribution is 6.36. The largest absolute Gasteiger partial charge is 0.270 e. The Bertz CT molecular complexity index is 429. The minimum atomic E-state index is -0.393. The Morgan fingerprint density at radius 1 is 1.29 bits per heavy atom. The molecule has 0 radical (unpaired) electrons. The maximum absolute atomic E-state index is 11.9. The summed E-state index contributed by atoms with van der Waals surface area (Å²) in [4.78, 5) is 11.9. The Balaban J connectivity index is 2.84. The number of carbonyl (C=O) groups excluding carboxylic acids is 1. The number of nitrogens with one attached hydrogen (secondary N) is 1. The van der Waals surface area contributed by atoms with Gasteiger partial charge in [-0.1, -0.05) is 23.2 Å². The summed E-state index contributed by atoms with van der Waals surface area (Å²) in [6.07, 6.45) is 0. The lowest BCUT2D eigenvalue weighted by Gasteiger charge is -2.28. The Morgan fingerprint density at radius 2 is 1.88 bits per heavy atom. The normalized spacial score (nSPS) is 11.7. The molecule has 0 saturated heterocycles. The molecule has 0 aliphatic heterocycles. The van der Waals surface area contributed by atoms with Gasteiger partial charge < -0.3 is 0 Å². The van der Waals surface area contributed by atoms with E-state index in [-0.39, 0.29) is 10.9 Å². The second-order valence-electron chi connectivity index (χ2n) is 4.52. The molecule has 17 heavy (non-hydrogen) atoms. The molecule has 0 aliphatic carbocycles. The van der Waals surface area contributed by atoms with Crippen LogP contribution in [0.5, 0.6) is 0 Å². The number of nitrogens with zero attached hydrogens (tertiary/aromatic N) is 1. The van der Waals surface area contributed by atoms with Crippen molar-refractivity contribution in [1.29, 1.82) is 0 Å². The van der Waals surface area contributed by atoms with E-state index in [1.165, 1.54) is 10.6 Å². The minimum absolute atomic E-state index is 0.286. The summed E-state index contributed by atoms with van der Waals surface area (Å²) in [6.45, 7) is 5.59. The monoisotopic (exact) mass is 294 g/mol. The van der Waals surface area contributed by atoms with Crippen LogP contribution in [0.3, 0.4) is 0 Å². The van der Waals surface area contributed by atoms with Crippen LogP contribution < -0.4 is 5.43 Å². The van der Waals surface area contributed by atoms with Crippen LogP contribution in [0.1, 0.15) is 31.1 Å². The van der Waals surface area contributed by atoms with E-state index in [4.69, 9.17) is 35.0 Å². The van der Waals surface area contributed by atoms with Crippen molar-refractivity contribution in [3.63, 3.8) is 0 Å². The Hall–Kier alpha value is -0.480. The summed E-state index contributed by atoms with van der Waals surface area (Å²) in [6, 6.07) is 4.65. The van der Waals surface area contributed by atoms with E-state index in [1.54, 1.807) is 12.1 Å². The number of hydrogen-bond donors (Lipinski definition) is 1. The molecule has 3 nitrogen and oxygen atoms in total. The van der Waals surface area contributed by atoms with Crippen molar-refractivity contribution < 1.29 is 4.79 Å². The first-order valence-corrected chi connectivity index (χ1v) is 6.03. The average Bonchev–Trinajstić information content (AvgIpc) is 2.15. The van der Waals surface area contributed by atoms with Crippen molar-refractivity contribution in [2.45, 2.75) is 26.3 Å². The highest BCUT2D eigenvalue weighted by Gasteiger charge is 2.22. The molecule has 94 valence electrons. The molecule has 0 fully saturated rings. The third-order valence-electron chi connectivity index (χ3n) is 1.96. The molecular formula is C11H13Cl3N2O. The fourth-order valence-electron chi connectivity index (χ4n) is 0.991. The number of halogens is 3. The van der Waals surface area contributed by atoms with E-state index >= 15 is 0 Å². The van der Waals surface area contributed by atoms with Crippen molar-refractivity contribution in [2.24, 2.45) is 0 Å². The number of hydrazine groups is 1. The van der Waals surface area contributed by atoms with Crippen LogP contribution in [0.4, 0.5) is 0 Å². The Morgan fingerprint density at radius 3 is 2.35 bits per heavy atom. The molecule has 0 atom stereocenters. The smallest absolute Gasteiger partial charge is 0.268 e. The number of rotatable bonds is 2. The first-order valence-electron chi connectivity index (χ1n) is 4.94. The molecule has 0 heterocycles. The number of amides is 1. The van der Waals surface area contributed by atoms with Crippen molar-refractivity contribution in [1.82, 2.24) is 9.95 Å². The van der Waals surface area contributed by atoms with Gasteiger partial charge in [0, 0.05) is 22.3 Å². The average molecular weight is 296 g/mol. The zero-order valence-corrected chi connectivity index (χ0v) is 12.0. The highest BCUT2D eigenvalue weighted by Crippen LogP contribution is 2.21. The number of hydrogen-bond acceptors (Lipinski definition) is 2. The maximum Gasteiger partial charge on any atom is 0.268 e. The van der Waals surface area contributed by atoms with Gasteiger partial charge >= 0.3 is 0 Å². The first kappa shape index (κ1) is 14.6. The predicted octanol–water partition coefficient (Wildman–Crippen LogP) is 3.89. The van der Waals surface area contributed by atoms with Crippen molar-refractivity contribution in [3.05, 3.63) is 33.8 Å². The maximum atomic E-state index is 11.9. The highest BCUT2D eigenvalue weighted by atomic mass is 35.5. The van der Waals surface area contributed by atoms with Crippen LogP contribution in [0.15, 0.2) is 18.2 Å². The lowest BCUT2D eigenvalue weighted by atomic mass is 10.1. The zero-order valence-electron chi connectivity index (χ0n) is 9.72. The number of carbonyl (C=O) groups is 1. The van der Waals surface area contributed by atoms with Gasteiger partial charge in [0.1, 0.15) is 0 Å². The fraction of sp³-hybridized carbons (Fsp3) is 0.364. The van der Waals surface area contributed by atoms with Crippen LogP contribution in [0.2, 0.25) is 10.0 Å². The van der Waals surface area contributed by atoms with Crippen molar-refractivity contribution >= 4 is 40.9 Å². The number of benzene rings is 1. The van der Waals surface area contributed by atoms with Crippen LogP contribution in [-0.2, 0) is 0 Å². The molecule has 1 aromatic rings. The van der Waals surface area contributed by atoms with Gasteiger partial charge in [-0.15, -0.1) is 4.53 Å². The molecule has 1 amide bonds. The summed E-state index contributed by atoms with van der Waals surface area (Å²) in [7, 11) is 0. The zero-order chi connectivity index (χ0) is 13.2. The predicted molar refractivity (Wildman–Crippen MR) is 71.4 cm³/mol. The van der Waals surface area contributed by atoms with Crippen LogP contribution in [0, 0.1) is 0 Å². The summed E-state index contributed by atoms with van der Waals surface area (Å²) in [5.41, 5.74) is 2.46. The molecular weight excluding hydrogens is 282 g/mol. The van der Waals surface area contributed by atoms with Gasteiger partial charge in [0.15, 0.2) is 0 Å². The quantitative estimate of drug-likeness (QED) is 0.663. The molecule has 0 spiro atoms. The van der Waals surface area contributed by atoms with Crippen molar-refractivity contribution in [2.75, 3.05) is 0 Å². The summed E-state index contributed by atoms with van der Waals surface area (Å²) >= 11 is 17.6. The molecule has 1 N–H and O–H groups in total. The van der Waals surface area contributed by atoms with E-state index in [2.05, 4.69) is 5.43 Å². The lowest BCUT2D eigenvalue weighted by Crippen LogP contribution is -2.46. The van der Waals surface area contributed by atoms with E-state index < -0.39 is 5.54 Å². The van der Waals surface area contributed by atoms with Crippen LogP contribution >= 0.6 is 35.0 Å². The topological polar surface area (TPSA) is 32.3 Å². The van der Waals surface area contributed by atoms with E-state index in [9.17, 15) is 4.79 Å². The van der Waals surface area contributed by atoms with E-state index in [0.717, 1.165) is 0 Å². The molecule has 0 bridgehead atoms. The van der Waals surface area contributed by atoms with Crippen LogP contribution in [-0.4, -0.2) is 16.0 Å². The Kier molecular flexibility index (Phi) is 4.67. The second-order valence-corrected chi connectivity index (χ2v) is 5.70. The van der Waals surface area contributed by atoms with Gasteiger partial charge in [-0.3, -0.25) is 10.2 Å². The lowest BCUT2D eigenvalue weighted by molar-refractivity contribution is 0.0806. The third-order valence-corrected chi connectivity index (χ3v) is 3.10. The van der Waals surface area contributed by atoms with Crippen molar-refractivity contribution in [3.8, 4) is 0 Å². The van der Waals surface area contributed by atoms with E-state index in [0.29, 0.717) is 10.6 Å². The summed E-state index contributed by atoms with van der Waals surface area (Å²) < 4.78 is 1.21. The second kappa shape index (κ2) is 5.44. The standard InChI is InChI=1S/C11H13Cl3N2O/c1-11(2,3)16(14)15-10(17)8-5-4-7(12)6-9(8)13/h4-6H,1-3H3,(H,15,17). The minimum Gasteiger partial charge on any atom is -0.270 e. The molecule has 0 aromatic heterocycles. The van der Waals surface area contributed by atoms with Gasteiger partial charge in [-0.25, -0.2) is 0 Å². The van der Waals surface area contributed by atoms with Gasteiger partial charge in [0.25, 0.3) is 5.91 Å². The molecule has 0 unspecified atom stereocenters. The van der Waals surface area contributed by atoms with E-state index in [1.807, 2.05) is 20.8 Å².